The maximum absolute atomic E-state index is 13.8. The van der Waals surface area contributed by atoms with Gasteiger partial charge in [0.2, 0.25) is 0 Å². The van der Waals surface area contributed by atoms with Gasteiger partial charge in [-0.25, -0.2) is 4.39 Å². The van der Waals surface area contributed by atoms with E-state index in [2.05, 4.69) is 6.92 Å². The summed E-state index contributed by atoms with van der Waals surface area (Å²) in [6.45, 7) is 3.97. The van der Waals surface area contributed by atoms with Crippen LogP contribution in [0.2, 0.25) is 0 Å². The normalized spacial score (nSPS) is 12.4. The minimum Gasteiger partial charge on any atom is -0.207 e. The maximum Gasteiger partial charge on any atom is 0.128 e. The molecule has 0 fully saturated rings. The van der Waals surface area contributed by atoms with Crippen molar-refractivity contribution < 1.29 is 4.39 Å². The van der Waals surface area contributed by atoms with Gasteiger partial charge in [-0.3, -0.25) is 0 Å². The van der Waals surface area contributed by atoms with Crippen molar-refractivity contribution in [3.05, 3.63) is 70.5 Å². The summed E-state index contributed by atoms with van der Waals surface area (Å²) in [5, 5.41) is -0.434. The first-order valence-corrected chi connectivity index (χ1v) is 6.54. The summed E-state index contributed by atoms with van der Waals surface area (Å²) in [5.74, 6) is -0.241. The topological polar surface area (TPSA) is 0 Å². The Morgan fingerprint density at radius 2 is 1.78 bits per heavy atom. The number of halogens is 2. The van der Waals surface area contributed by atoms with E-state index in [1.165, 1.54) is 11.6 Å². The van der Waals surface area contributed by atoms with E-state index in [1.54, 1.807) is 6.07 Å². The third kappa shape index (κ3) is 2.73. The molecule has 0 saturated heterocycles. The van der Waals surface area contributed by atoms with E-state index in [4.69, 9.17) is 11.6 Å². The minimum absolute atomic E-state index is 0.241. The van der Waals surface area contributed by atoms with Gasteiger partial charge < -0.3 is 0 Å². The van der Waals surface area contributed by atoms with Gasteiger partial charge in [0.1, 0.15) is 5.82 Å². The van der Waals surface area contributed by atoms with E-state index >= 15 is 0 Å². The lowest BCUT2D eigenvalue weighted by molar-refractivity contribution is 0.611. The monoisotopic (exact) mass is 262 g/mol. The minimum atomic E-state index is -0.434. The van der Waals surface area contributed by atoms with Crippen LogP contribution in [0.25, 0.3) is 0 Å². The Balaban J connectivity index is 2.31. The van der Waals surface area contributed by atoms with Gasteiger partial charge in [0.25, 0.3) is 0 Å². The highest BCUT2D eigenvalue weighted by atomic mass is 35.5. The SMILES string of the molecule is CCc1ccc(C(Cl)c2ccc(C)cc2F)cc1. The molecule has 0 N–H and O–H groups in total. The van der Waals surface area contributed by atoms with Gasteiger partial charge in [-0.15, -0.1) is 11.6 Å². The second-order valence-corrected chi connectivity index (χ2v) is 4.92. The second kappa shape index (κ2) is 5.53. The van der Waals surface area contributed by atoms with Crippen LogP contribution in [0.4, 0.5) is 4.39 Å². The van der Waals surface area contributed by atoms with Gasteiger partial charge >= 0.3 is 0 Å². The predicted molar refractivity (Wildman–Crippen MR) is 74.7 cm³/mol. The molecule has 0 aromatic heterocycles. The molecule has 18 heavy (non-hydrogen) atoms. The van der Waals surface area contributed by atoms with Crippen LogP contribution in [0.15, 0.2) is 42.5 Å². The molecule has 2 rings (SSSR count). The Hall–Kier alpha value is -1.34. The Morgan fingerprint density at radius 3 is 2.33 bits per heavy atom. The van der Waals surface area contributed by atoms with E-state index < -0.39 is 5.38 Å². The Morgan fingerprint density at radius 1 is 1.11 bits per heavy atom. The highest BCUT2D eigenvalue weighted by molar-refractivity contribution is 6.22. The lowest BCUT2D eigenvalue weighted by atomic mass is 10.0. The third-order valence-electron chi connectivity index (χ3n) is 3.11. The van der Waals surface area contributed by atoms with Crippen molar-refractivity contribution in [2.45, 2.75) is 25.6 Å². The molecule has 1 atom stereocenters. The highest BCUT2D eigenvalue weighted by Crippen LogP contribution is 2.31. The zero-order valence-electron chi connectivity index (χ0n) is 10.6. The predicted octanol–water partition coefficient (Wildman–Crippen LogP) is 5.02. The van der Waals surface area contributed by atoms with Crippen molar-refractivity contribution in [3.63, 3.8) is 0 Å². The van der Waals surface area contributed by atoms with E-state index in [1.807, 2.05) is 37.3 Å². The first kappa shape index (κ1) is 13.1. The number of rotatable bonds is 3. The van der Waals surface area contributed by atoms with Crippen LogP contribution in [0.5, 0.6) is 0 Å². The Labute approximate surface area is 112 Å². The molecule has 0 radical (unpaired) electrons. The molecule has 2 aromatic carbocycles. The summed E-state index contributed by atoms with van der Waals surface area (Å²) in [6, 6.07) is 13.2. The van der Waals surface area contributed by atoms with E-state index in [0.29, 0.717) is 5.56 Å². The molecule has 0 nitrogen and oxygen atoms in total. The number of hydrogen-bond acceptors (Lipinski definition) is 0. The van der Waals surface area contributed by atoms with Crippen LogP contribution in [-0.4, -0.2) is 0 Å². The molecule has 1 unspecified atom stereocenters. The Bertz CT molecular complexity index is 531. The number of aryl methyl sites for hydroxylation is 2. The largest absolute Gasteiger partial charge is 0.207 e. The quantitative estimate of drug-likeness (QED) is 0.681. The molecule has 0 aliphatic rings. The van der Waals surface area contributed by atoms with Crippen LogP contribution >= 0.6 is 11.6 Å². The number of hydrogen-bond donors (Lipinski definition) is 0. The molecule has 0 amide bonds. The van der Waals surface area contributed by atoms with Gasteiger partial charge in [0.05, 0.1) is 5.38 Å². The van der Waals surface area contributed by atoms with Crippen LogP contribution in [-0.2, 0) is 6.42 Å². The molecular weight excluding hydrogens is 247 g/mol. The van der Waals surface area contributed by atoms with Crippen LogP contribution in [0, 0.1) is 12.7 Å². The zero-order valence-corrected chi connectivity index (χ0v) is 11.3. The average molecular weight is 263 g/mol. The lowest BCUT2D eigenvalue weighted by Crippen LogP contribution is -1.97. The summed E-state index contributed by atoms with van der Waals surface area (Å²) in [7, 11) is 0. The number of benzene rings is 2. The van der Waals surface area contributed by atoms with Crippen molar-refractivity contribution in [1.82, 2.24) is 0 Å². The molecule has 0 bridgehead atoms. The molecule has 0 aliphatic heterocycles. The van der Waals surface area contributed by atoms with Crippen molar-refractivity contribution >= 4 is 11.6 Å². The van der Waals surface area contributed by atoms with Crippen LogP contribution in [0.1, 0.15) is 34.6 Å². The van der Waals surface area contributed by atoms with Crippen molar-refractivity contribution in [3.8, 4) is 0 Å². The molecule has 2 aromatic rings. The summed E-state index contributed by atoms with van der Waals surface area (Å²) >= 11 is 6.34. The van der Waals surface area contributed by atoms with E-state index in [0.717, 1.165) is 17.5 Å². The summed E-state index contributed by atoms with van der Waals surface area (Å²) in [5.41, 5.74) is 3.62. The molecular formula is C16H16ClF. The third-order valence-corrected chi connectivity index (χ3v) is 3.60. The van der Waals surface area contributed by atoms with E-state index in [9.17, 15) is 4.39 Å². The summed E-state index contributed by atoms with van der Waals surface area (Å²) in [4.78, 5) is 0. The molecule has 94 valence electrons. The first-order valence-electron chi connectivity index (χ1n) is 6.10. The summed E-state index contributed by atoms with van der Waals surface area (Å²) < 4.78 is 13.8. The standard InChI is InChI=1S/C16H16ClF/c1-3-12-5-7-13(8-6-12)16(17)14-9-4-11(2)10-15(14)18/h4-10,16H,3H2,1-2H3. The van der Waals surface area contributed by atoms with Gasteiger partial charge in [0.15, 0.2) is 0 Å². The zero-order chi connectivity index (χ0) is 13.1. The summed E-state index contributed by atoms with van der Waals surface area (Å²) in [6.07, 6.45) is 0.992. The van der Waals surface area contributed by atoms with E-state index in [-0.39, 0.29) is 5.82 Å². The molecule has 0 spiro atoms. The Kier molecular flexibility index (Phi) is 4.03. The average Bonchev–Trinajstić information content (AvgIpc) is 2.38. The second-order valence-electron chi connectivity index (χ2n) is 4.48. The smallest absolute Gasteiger partial charge is 0.128 e. The van der Waals surface area contributed by atoms with Crippen LogP contribution in [0.3, 0.4) is 0 Å². The van der Waals surface area contributed by atoms with Gasteiger partial charge in [-0.2, -0.15) is 0 Å². The van der Waals surface area contributed by atoms with Crippen LogP contribution < -0.4 is 0 Å². The number of alkyl halides is 1. The van der Waals surface area contributed by atoms with Gasteiger partial charge in [0, 0.05) is 5.56 Å². The molecule has 0 heterocycles. The highest BCUT2D eigenvalue weighted by Gasteiger charge is 2.14. The molecule has 0 saturated carbocycles. The van der Waals surface area contributed by atoms with Gasteiger partial charge in [-0.1, -0.05) is 43.3 Å². The fraction of sp³-hybridized carbons (Fsp3) is 0.250. The van der Waals surface area contributed by atoms with Crippen molar-refractivity contribution in [2.24, 2.45) is 0 Å². The lowest BCUT2D eigenvalue weighted by Gasteiger charge is -2.12. The van der Waals surface area contributed by atoms with Gasteiger partial charge in [-0.05, 0) is 36.1 Å². The maximum atomic E-state index is 13.8. The molecule has 2 heteroatoms. The first-order chi connectivity index (χ1) is 8.61. The van der Waals surface area contributed by atoms with Crippen molar-refractivity contribution in [2.75, 3.05) is 0 Å². The van der Waals surface area contributed by atoms with Crippen molar-refractivity contribution in [1.29, 1.82) is 0 Å². The fourth-order valence-corrected chi connectivity index (χ4v) is 2.26. The fourth-order valence-electron chi connectivity index (χ4n) is 1.94. The molecule has 0 aliphatic carbocycles.